The molecule has 5 nitrogen and oxygen atoms in total. The molecule has 2 aliphatic rings. The van der Waals surface area contributed by atoms with Gasteiger partial charge in [0, 0.05) is 37.8 Å². The van der Waals surface area contributed by atoms with Gasteiger partial charge >= 0.3 is 5.91 Å². The van der Waals surface area contributed by atoms with Crippen molar-refractivity contribution in [3.8, 4) is 0 Å². The van der Waals surface area contributed by atoms with Crippen molar-refractivity contribution in [2.45, 2.75) is 38.5 Å². The molecule has 0 radical (unpaired) electrons. The van der Waals surface area contributed by atoms with E-state index in [1.165, 1.54) is 49.9 Å². The van der Waals surface area contributed by atoms with Crippen LogP contribution in [0.1, 0.15) is 48.3 Å². The van der Waals surface area contributed by atoms with Crippen molar-refractivity contribution in [2.75, 3.05) is 26.2 Å². The van der Waals surface area contributed by atoms with Gasteiger partial charge in [-0.05, 0) is 25.7 Å². The summed E-state index contributed by atoms with van der Waals surface area (Å²) in [6, 6.07) is 0. The molecule has 1 aromatic rings. The van der Waals surface area contributed by atoms with E-state index in [9.17, 15) is 4.79 Å². The standard InChI is InChI=1S/C14H22N4OS/c19-14(13-15-7-12-20-13)18(16-8-3-1-4-9-16)17-10-5-2-6-11-17/h7,12H,1-6,8-11H2. The molecule has 2 aliphatic heterocycles. The summed E-state index contributed by atoms with van der Waals surface area (Å²) in [4.78, 5) is 17.0. The second kappa shape index (κ2) is 6.65. The van der Waals surface area contributed by atoms with Crippen LogP contribution in [0.2, 0.25) is 0 Å². The number of amides is 1. The van der Waals surface area contributed by atoms with E-state index in [1.54, 1.807) is 6.20 Å². The summed E-state index contributed by atoms with van der Waals surface area (Å²) in [7, 11) is 0. The summed E-state index contributed by atoms with van der Waals surface area (Å²) in [6.07, 6.45) is 8.96. The largest absolute Gasteiger partial charge is 0.312 e. The summed E-state index contributed by atoms with van der Waals surface area (Å²) in [6.45, 7) is 3.92. The molecular formula is C14H22N4OS. The predicted molar refractivity (Wildman–Crippen MR) is 79.1 cm³/mol. The molecule has 3 heterocycles. The zero-order valence-electron chi connectivity index (χ0n) is 11.8. The van der Waals surface area contributed by atoms with Gasteiger partial charge in [0.2, 0.25) is 0 Å². The molecule has 0 aromatic carbocycles. The Labute approximate surface area is 124 Å². The zero-order chi connectivity index (χ0) is 13.8. The zero-order valence-corrected chi connectivity index (χ0v) is 12.6. The summed E-state index contributed by atoms with van der Waals surface area (Å²) in [5.74, 6) is 0.0452. The highest BCUT2D eigenvalue weighted by molar-refractivity contribution is 7.11. The summed E-state index contributed by atoms with van der Waals surface area (Å²) in [5, 5.41) is 8.81. The van der Waals surface area contributed by atoms with Gasteiger partial charge in [-0.2, -0.15) is 5.12 Å². The van der Waals surface area contributed by atoms with Gasteiger partial charge in [0.25, 0.3) is 0 Å². The summed E-state index contributed by atoms with van der Waals surface area (Å²) < 4.78 is 0. The van der Waals surface area contributed by atoms with E-state index >= 15 is 0 Å². The molecule has 20 heavy (non-hydrogen) atoms. The van der Waals surface area contributed by atoms with Crippen LogP contribution in [0.5, 0.6) is 0 Å². The maximum absolute atomic E-state index is 12.8. The second-order valence-corrected chi connectivity index (χ2v) is 6.36. The minimum atomic E-state index is 0.0452. The lowest BCUT2D eigenvalue weighted by Gasteiger charge is -2.44. The fraction of sp³-hybridized carbons (Fsp3) is 0.714. The summed E-state index contributed by atoms with van der Waals surface area (Å²) >= 11 is 1.43. The molecular weight excluding hydrogens is 272 g/mol. The molecule has 0 saturated carbocycles. The maximum Gasteiger partial charge on any atom is 0.312 e. The van der Waals surface area contributed by atoms with E-state index in [0.29, 0.717) is 5.01 Å². The normalized spacial score (nSPS) is 21.8. The van der Waals surface area contributed by atoms with E-state index in [2.05, 4.69) is 15.0 Å². The van der Waals surface area contributed by atoms with E-state index in [0.717, 1.165) is 26.2 Å². The van der Waals surface area contributed by atoms with Crippen molar-refractivity contribution in [3.63, 3.8) is 0 Å². The van der Waals surface area contributed by atoms with Gasteiger partial charge in [-0.25, -0.2) is 15.0 Å². The fourth-order valence-electron chi connectivity index (χ4n) is 2.98. The smallest absolute Gasteiger partial charge is 0.263 e. The molecule has 6 heteroatoms. The molecule has 110 valence electrons. The Hall–Kier alpha value is -0.980. The first kappa shape index (κ1) is 14.0. The van der Waals surface area contributed by atoms with Crippen LogP contribution in [-0.2, 0) is 0 Å². The van der Waals surface area contributed by atoms with Crippen LogP contribution in [0.3, 0.4) is 0 Å². The molecule has 0 aliphatic carbocycles. The highest BCUT2D eigenvalue weighted by atomic mass is 32.1. The van der Waals surface area contributed by atoms with Gasteiger partial charge in [0.1, 0.15) is 0 Å². The molecule has 2 saturated heterocycles. The highest BCUT2D eigenvalue weighted by Gasteiger charge is 2.31. The van der Waals surface area contributed by atoms with Crippen LogP contribution in [0.25, 0.3) is 0 Å². The average molecular weight is 294 g/mol. The Morgan fingerprint density at radius 1 is 1.00 bits per heavy atom. The number of carbonyl (C=O) groups is 1. The van der Waals surface area contributed by atoms with Gasteiger partial charge in [-0.3, -0.25) is 4.79 Å². The van der Waals surface area contributed by atoms with E-state index < -0.39 is 0 Å². The first-order chi connectivity index (χ1) is 9.86. The van der Waals surface area contributed by atoms with Crippen molar-refractivity contribution in [3.05, 3.63) is 16.6 Å². The molecule has 2 fully saturated rings. The lowest BCUT2D eigenvalue weighted by molar-refractivity contribution is -0.160. The Balaban J connectivity index is 1.79. The molecule has 0 unspecified atom stereocenters. The number of hydrogen-bond donors (Lipinski definition) is 0. The average Bonchev–Trinajstić information content (AvgIpc) is 3.04. The monoisotopic (exact) mass is 294 g/mol. The number of carbonyl (C=O) groups excluding carboxylic acids is 1. The SMILES string of the molecule is O=C(c1nccs1)N(N1CCCCC1)N1CCCCC1. The predicted octanol–water partition coefficient (Wildman–Crippen LogP) is 2.39. The van der Waals surface area contributed by atoms with Gasteiger partial charge in [-0.15, -0.1) is 11.3 Å². The van der Waals surface area contributed by atoms with Crippen molar-refractivity contribution >= 4 is 17.2 Å². The van der Waals surface area contributed by atoms with Crippen LogP contribution >= 0.6 is 11.3 Å². The Kier molecular flexibility index (Phi) is 4.65. The van der Waals surface area contributed by atoms with Crippen LogP contribution < -0.4 is 0 Å². The van der Waals surface area contributed by atoms with Crippen LogP contribution in [0, 0.1) is 0 Å². The molecule has 1 amide bonds. The number of hydrogen-bond acceptors (Lipinski definition) is 5. The fourth-order valence-corrected chi connectivity index (χ4v) is 3.54. The van der Waals surface area contributed by atoms with Crippen molar-refractivity contribution in [2.24, 2.45) is 0 Å². The molecule has 0 spiro atoms. The Bertz CT molecular complexity index is 406. The van der Waals surface area contributed by atoms with Crippen LogP contribution in [-0.4, -0.2) is 52.2 Å². The third-order valence-electron chi connectivity index (χ3n) is 4.00. The van der Waals surface area contributed by atoms with Crippen LogP contribution in [0.15, 0.2) is 11.6 Å². The molecule has 0 bridgehead atoms. The number of nitrogens with zero attached hydrogens (tertiary/aromatic N) is 4. The minimum absolute atomic E-state index is 0.0452. The Morgan fingerprint density at radius 3 is 2.00 bits per heavy atom. The number of rotatable bonds is 3. The number of piperidine rings is 2. The quantitative estimate of drug-likeness (QED) is 0.858. The lowest BCUT2D eigenvalue weighted by atomic mass is 10.1. The molecule has 1 aromatic heterocycles. The topological polar surface area (TPSA) is 39.7 Å². The third-order valence-corrected chi connectivity index (χ3v) is 4.76. The van der Waals surface area contributed by atoms with Crippen molar-refractivity contribution in [1.29, 1.82) is 0 Å². The molecule has 0 N–H and O–H groups in total. The lowest BCUT2D eigenvalue weighted by Crippen LogP contribution is -2.58. The van der Waals surface area contributed by atoms with Gasteiger partial charge in [-0.1, -0.05) is 12.8 Å². The van der Waals surface area contributed by atoms with E-state index in [4.69, 9.17) is 0 Å². The van der Waals surface area contributed by atoms with E-state index in [1.807, 2.05) is 10.5 Å². The van der Waals surface area contributed by atoms with Gasteiger partial charge < -0.3 is 0 Å². The van der Waals surface area contributed by atoms with Crippen LogP contribution in [0.4, 0.5) is 0 Å². The van der Waals surface area contributed by atoms with Gasteiger partial charge in [0.15, 0.2) is 5.01 Å². The third kappa shape index (κ3) is 3.02. The van der Waals surface area contributed by atoms with Crippen molar-refractivity contribution < 1.29 is 4.79 Å². The minimum Gasteiger partial charge on any atom is -0.263 e. The summed E-state index contributed by atoms with van der Waals surface area (Å²) in [5.41, 5.74) is 0. The Morgan fingerprint density at radius 2 is 1.55 bits per heavy atom. The number of thiazole rings is 1. The number of hydrazine groups is 2. The van der Waals surface area contributed by atoms with E-state index in [-0.39, 0.29) is 5.91 Å². The molecule has 0 atom stereocenters. The highest BCUT2D eigenvalue weighted by Crippen LogP contribution is 2.21. The van der Waals surface area contributed by atoms with Crippen molar-refractivity contribution in [1.82, 2.24) is 20.1 Å². The number of aromatic nitrogens is 1. The first-order valence-electron chi connectivity index (χ1n) is 7.60. The maximum atomic E-state index is 12.8. The van der Waals surface area contributed by atoms with Gasteiger partial charge in [0.05, 0.1) is 0 Å². The first-order valence-corrected chi connectivity index (χ1v) is 8.48. The second-order valence-electron chi connectivity index (χ2n) is 5.46. The molecule has 3 rings (SSSR count).